The molecule has 0 amide bonds. The van der Waals surface area contributed by atoms with E-state index in [4.69, 9.17) is 4.74 Å². The smallest absolute Gasteiger partial charge is 0.437 e. The molecule has 0 saturated heterocycles. The maximum atomic E-state index is 12.7. The number of ether oxygens (including phenoxy) is 1. The summed E-state index contributed by atoms with van der Waals surface area (Å²) in [7, 11) is 0. The van der Waals surface area contributed by atoms with Crippen LogP contribution in [0.1, 0.15) is 16.1 Å². The highest BCUT2D eigenvalue weighted by Crippen LogP contribution is 2.36. The van der Waals surface area contributed by atoms with Gasteiger partial charge >= 0.3 is 6.18 Å². The molecular formula is C13H8F3NO2. The van der Waals surface area contributed by atoms with E-state index in [0.717, 1.165) is 6.20 Å². The molecule has 0 aliphatic rings. The van der Waals surface area contributed by atoms with Crippen LogP contribution in [0.4, 0.5) is 13.2 Å². The summed E-state index contributed by atoms with van der Waals surface area (Å²) < 4.78 is 43.2. The van der Waals surface area contributed by atoms with Crippen molar-refractivity contribution in [1.29, 1.82) is 0 Å². The molecule has 2 aromatic rings. The predicted octanol–water partition coefficient (Wildman–Crippen LogP) is 3.71. The maximum absolute atomic E-state index is 12.7. The van der Waals surface area contributed by atoms with Gasteiger partial charge in [-0.3, -0.25) is 4.79 Å². The minimum Gasteiger partial charge on any atom is -0.455 e. The second-order valence-corrected chi connectivity index (χ2v) is 3.64. The summed E-state index contributed by atoms with van der Waals surface area (Å²) in [6, 6.07) is 8.26. The lowest BCUT2D eigenvalue weighted by Gasteiger charge is -2.12. The molecule has 1 heterocycles. The van der Waals surface area contributed by atoms with Crippen molar-refractivity contribution in [3.8, 4) is 11.5 Å². The van der Waals surface area contributed by atoms with Crippen LogP contribution < -0.4 is 4.74 Å². The van der Waals surface area contributed by atoms with Crippen LogP contribution in [-0.2, 0) is 6.18 Å². The summed E-state index contributed by atoms with van der Waals surface area (Å²) in [6.07, 6.45) is -2.90. The lowest BCUT2D eigenvalue weighted by Crippen LogP contribution is -2.09. The predicted molar refractivity (Wildman–Crippen MR) is 61.1 cm³/mol. The number of benzene rings is 1. The molecule has 1 aromatic heterocycles. The van der Waals surface area contributed by atoms with Crippen LogP contribution in [0.15, 0.2) is 42.6 Å². The average Bonchev–Trinajstić information content (AvgIpc) is 2.39. The van der Waals surface area contributed by atoms with Crippen molar-refractivity contribution in [1.82, 2.24) is 4.98 Å². The van der Waals surface area contributed by atoms with Gasteiger partial charge < -0.3 is 4.74 Å². The number of rotatable bonds is 3. The van der Waals surface area contributed by atoms with Gasteiger partial charge in [0.25, 0.3) is 0 Å². The molecule has 6 heteroatoms. The van der Waals surface area contributed by atoms with Crippen molar-refractivity contribution in [3.63, 3.8) is 0 Å². The molecule has 0 aliphatic carbocycles. The Bertz CT molecular complexity index is 579. The minimum absolute atomic E-state index is 0.198. The van der Waals surface area contributed by atoms with E-state index >= 15 is 0 Å². The SMILES string of the molecule is O=Cc1ccc(Oc2cccnc2C(F)(F)F)cc1. The molecule has 0 atom stereocenters. The van der Waals surface area contributed by atoms with Crippen LogP contribution >= 0.6 is 0 Å². The monoisotopic (exact) mass is 267 g/mol. The Morgan fingerprint density at radius 3 is 2.37 bits per heavy atom. The summed E-state index contributed by atoms with van der Waals surface area (Å²) in [6.45, 7) is 0. The number of alkyl halides is 3. The molecule has 98 valence electrons. The van der Waals surface area contributed by atoms with Crippen LogP contribution in [0.25, 0.3) is 0 Å². The van der Waals surface area contributed by atoms with Crippen LogP contribution in [0.3, 0.4) is 0 Å². The van der Waals surface area contributed by atoms with Crippen LogP contribution in [0.5, 0.6) is 11.5 Å². The summed E-state index contributed by atoms with van der Waals surface area (Å²) in [5.74, 6) is -0.182. The zero-order chi connectivity index (χ0) is 13.9. The topological polar surface area (TPSA) is 39.2 Å². The van der Waals surface area contributed by atoms with Gasteiger partial charge in [0.1, 0.15) is 12.0 Å². The molecular weight excluding hydrogens is 259 g/mol. The van der Waals surface area contributed by atoms with Gasteiger partial charge in [0, 0.05) is 11.8 Å². The van der Waals surface area contributed by atoms with E-state index in [0.29, 0.717) is 11.8 Å². The van der Waals surface area contributed by atoms with Gasteiger partial charge in [-0.15, -0.1) is 0 Å². The van der Waals surface area contributed by atoms with Gasteiger partial charge in [0.2, 0.25) is 0 Å². The normalized spacial score (nSPS) is 11.1. The van der Waals surface area contributed by atoms with Crippen LogP contribution in [0.2, 0.25) is 0 Å². The first-order valence-electron chi connectivity index (χ1n) is 5.26. The Morgan fingerprint density at radius 1 is 1.11 bits per heavy atom. The van der Waals surface area contributed by atoms with Crippen molar-refractivity contribution >= 4 is 6.29 Å². The van der Waals surface area contributed by atoms with Gasteiger partial charge in [-0.2, -0.15) is 13.2 Å². The van der Waals surface area contributed by atoms with Gasteiger partial charge in [0.05, 0.1) is 0 Å². The van der Waals surface area contributed by atoms with E-state index in [1.807, 2.05) is 0 Å². The molecule has 0 spiro atoms. The molecule has 0 bridgehead atoms. The zero-order valence-electron chi connectivity index (χ0n) is 9.52. The molecule has 0 radical (unpaired) electrons. The molecule has 0 aliphatic heterocycles. The fourth-order valence-electron chi connectivity index (χ4n) is 1.43. The number of pyridine rings is 1. The van der Waals surface area contributed by atoms with E-state index in [-0.39, 0.29) is 11.5 Å². The first kappa shape index (κ1) is 13.1. The number of carbonyl (C=O) groups is 1. The number of aromatic nitrogens is 1. The molecule has 2 rings (SSSR count). The number of nitrogens with zero attached hydrogens (tertiary/aromatic N) is 1. The van der Waals surface area contributed by atoms with Crippen LogP contribution in [-0.4, -0.2) is 11.3 Å². The van der Waals surface area contributed by atoms with Crippen molar-refractivity contribution < 1.29 is 22.7 Å². The number of hydrogen-bond donors (Lipinski definition) is 0. The Balaban J connectivity index is 2.30. The van der Waals surface area contributed by atoms with E-state index < -0.39 is 11.9 Å². The minimum atomic E-state index is -4.58. The highest BCUT2D eigenvalue weighted by molar-refractivity contribution is 5.74. The first-order chi connectivity index (χ1) is 9.00. The quantitative estimate of drug-likeness (QED) is 0.796. The van der Waals surface area contributed by atoms with Gasteiger partial charge in [-0.1, -0.05) is 0 Å². The molecule has 19 heavy (non-hydrogen) atoms. The number of aldehydes is 1. The molecule has 3 nitrogen and oxygen atoms in total. The standard InChI is InChI=1S/C13H8F3NO2/c14-13(15,16)12-11(2-1-7-17-12)19-10-5-3-9(8-18)4-6-10/h1-8H. The van der Waals surface area contributed by atoms with Crippen molar-refractivity contribution in [3.05, 3.63) is 53.9 Å². The highest BCUT2D eigenvalue weighted by atomic mass is 19.4. The van der Waals surface area contributed by atoms with E-state index in [1.54, 1.807) is 0 Å². The van der Waals surface area contributed by atoms with Gasteiger partial charge in [-0.25, -0.2) is 4.98 Å². The average molecular weight is 267 g/mol. The Morgan fingerprint density at radius 2 is 1.79 bits per heavy atom. The number of halogens is 3. The van der Waals surface area contributed by atoms with Crippen molar-refractivity contribution in [2.45, 2.75) is 6.18 Å². The van der Waals surface area contributed by atoms with E-state index in [1.165, 1.54) is 36.4 Å². The third-order valence-electron chi connectivity index (χ3n) is 2.28. The van der Waals surface area contributed by atoms with E-state index in [2.05, 4.69) is 4.98 Å². The first-order valence-corrected chi connectivity index (χ1v) is 5.26. The fourth-order valence-corrected chi connectivity index (χ4v) is 1.43. The fraction of sp³-hybridized carbons (Fsp3) is 0.0769. The number of carbonyl (C=O) groups excluding carboxylic acids is 1. The number of hydrogen-bond acceptors (Lipinski definition) is 3. The molecule has 1 aromatic carbocycles. The van der Waals surface area contributed by atoms with Crippen molar-refractivity contribution in [2.75, 3.05) is 0 Å². The highest BCUT2D eigenvalue weighted by Gasteiger charge is 2.36. The van der Waals surface area contributed by atoms with Crippen LogP contribution in [0, 0.1) is 0 Å². The largest absolute Gasteiger partial charge is 0.455 e. The summed E-state index contributed by atoms with van der Waals surface area (Å²) in [4.78, 5) is 13.7. The lowest BCUT2D eigenvalue weighted by atomic mass is 10.2. The third-order valence-corrected chi connectivity index (χ3v) is 2.28. The Kier molecular flexibility index (Phi) is 3.50. The van der Waals surface area contributed by atoms with E-state index in [9.17, 15) is 18.0 Å². The maximum Gasteiger partial charge on any atom is 0.437 e. The summed E-state index contributed by atoms with van der Waals surface area (Å²) in [5, 5.41) is 0. The summed E-state index contributed by atoms with van der Waals surface area (Å²) in [5.41, 5.74) is -0.677. The second-order valence-electron chi connectivity index (χ2n) is 3.64. The zero-order valence-corrected chi connectivity index (χ0v) is 9.52. The van der Waals surface area contributed by atoms with Gasteiger partial charge in [0.15, 0.2) is 11.4 Å². The summed E-state index contributed by atoms with van der Waals surface area (Å²) >= 11 is 0. The lowest BCUT2D eigenvalue weighted by molar-refractivity contribution is -0.142. The Hall–Kier alpha value is -2.37. The molecule has 0 N–H and O–H groups in total. The third kappa shape index (κ3) is 3.09. The van der Waals surface area contributed by atoms with Gasteiger partial charge in [-0.05, 0) is 36.4 Å². The Labute approximate surface area is 106 Å². The second kappa shape index (κ2) is 5.09. The molecule has 0 fully saturated rings. The van der Waals surface area contributed by atoms with Crippen molar-refractivity contribution in [2.24, 2.45) is 0 Å². The molecule has 0 unspecified atom stereocenters. The molecule has 0 saturated carbocycles.